The van der Waals surface area contributed by atoms with E-state index in [-0.39, 0.29) is 22.2 Å². The Labute approximate surface area is 191 Å². The molecule has 2 heterocycles. The Balaban J connectivity index is 1.47. The van der Waals surface area contributed by atoms with Gasteiger partial charge in [0, 0.05) is 29.8 Å². The summed E-state index contributed by atoms with van der Waals surface area (Å²) in [5.41, 5.74) is 0.649. The van der Waals surface area contributed by atoms with Crippen LogP contribution in [-0.4, -0.2) is 24.3 Å². The summed E-state index contributed by atoms with van der Waals surface area (Å²) in [5, 5.41) is 2.82. The molecule has 170 valence electrons. The molecule has 0 aliphatic heterocycles. The zero-order valence-corrected chi connectivity index (χ0v) is 18.2. The number of rotatable bonds is 5. The number of alkyl halides is 3. The van der Waals surface area contributed by atoms with Crippen LogP contribution in [0, 0.1) is 0 Å². The number of amides is 1. The lowest BCUT2D eigenvalue weighted by atomic mass is 10.2. The van der Waals surface area contributed by atoms with Gasteiger partial charge in [-0.05, 0) is 48.0 Å². The second kappa shape index (κ2) is 8.53. The zero-order valence-electron chi connectivity index (χ0n) is 16.7. The molecule has 0 aliphatic rings. The van der Waals surface area contributed by atoms with Crippen LogP contribution in [0.2, 0.25) is 5.02 Å². The SMILES string of the molecule is O=C(NCc1ccc(S(=O)(=O)c2ccc(C(F)(F)F)c(Cl)c2)cc1)c1cc2cnccc2[nH]1. The normalized spacial score (nSPS) is 12.1. The minimum absolute atomic E-state index is 0.114. The van der Waals surface area contributed by atoms with E-state index in [1.54, 1.807) is 24.5 Å². The number of benzene rings is 2. The Kier molecular flexibility index (Phi) is 5.89. The maximum Gasteiger partial charge on any atom is 0.417 e. The largest absolute Gasteiger partial charge is 0.417 e. The molecule has 33 heavy (non-hydrogen) atoms. The number of nitrogens with zero attached hydrogens (tertiary/aromatic N) is 1. The molecule has 0 spiro atoms. The topological polar surface area (TPSA) is 91.9 Å². The molecule has 0 saturated carbocycles. The highest BCUT2D eigenvalue weighted by Crippen LogP contribution is 2.36. The van der Waals surface area contributed by atoms with E-state index in [1.165, 1.54) is 24.3 Å². The number of carbonyl (C=O) groups excluding carboxylic acids is 1. The predicted molar refractivity (Wildman–Crippen MR) is 116 cm³/mol. The van der Waals surface area contributed by atoms with Gasteiger partial charge < -0.3 is 10.3 Å². The molecule has 11 heteroatoms. The molecule has 0 atom stereocenters. The van der Waals surface area contributed by atoms with Gasteiger partial charge in [-0.15, -0.1) is 0 Å². The second-order valence-corrected chi connectivity index (χ2v) is 9.47. The van der Waals surface area contributed by atoms with Gasteiger partial charge in [0.05, 0.1) is 20.4 Å². The third-order valence-corrected chi connectivity index (χ3v) is 6.99. The first-order chi connectivity index (χ1) is 15.6. The molecule has 2 N–H and O–H groups in total. The summed E-state index contributed by atoms with van der Waals surface area (Å²) in [5.74, 6) is -0.345. The van der Waals surface area contributed by atoms with E-state index in [9.17, 15) is 26.4 Å². The van der Waals surface area contributed by atoms with Gasteiger partial charge in [-0.3, -0.25) is 9.78 Å². The number of fused-ring (bicyclic) bond motifs is 1. The highest BCUT2D eigenvalue weighted by Gasteiger charge is 2.34. The lowest BCUT2D eigenvalue weighted by Gasteiger charge is -2.11. The smallest absolute Gasteiger partial charge is 0.350 e. The van der Waals surface area contributed by atoms with E-state index in [0.29, 0.717) is 17.3 Å². The summed E-state index contributed by atoms with van der Waals surface area (Å²) in [6.07, 6.45) is -1.45. The quantitative estimate of drug-likeness (QED) is 0.409. The molecule has 4 rings (SSSR count). The third kappa shape index (κ3) is 4.71. The molecule has 0 bridgehead atoms. The van der Waals surface area contributed by atoms with Crippen molar-refractivity contribution < 1.29 is 26.4 Å². The van der Waals surface area contributed by atoms with Crippen molar-refractivity contribution in [3.63, 3.8) is 0 Å². The fourth-order valence-electron chi connectivity index (χ4n) is 3.19. The van der Waals surface area contributed by atoms with Crippen LogP contribution < -0.4 is 5.32 Å². The van der Waals surface area contributed by atoms with Gasteiger partial charge in [-0.1, -0.05) is 23.7 Å². The first kappa shape index (κ1) is 22.8. The van der Waals surface area contributed by atoms with Crippen LogP contribution in [0.15, 0.2) is 76.8 Å². The van der Waals surface area contributed by atoms with Crippen molar-refractivity contribution in [2.24, 2.45) is 0 Å². The maximum atomic E-state index is 12.9. The Morgan fingerprint density at radius 3 is 2.36 bits per heavy atom. The number of nitrogens with one attached hydrogen (secondary N) is 2. The van der Waals surface area contributed by atoms with Crippen LogP contribution in [0.1, 0.15) is 21.6 Å². The average molecular weight is 494 g/mol. The van der Waals surface area contributed by atoms with Crippen LogP contribution in [0.4, 0.5) is 13.2 Å². The van der Waals surface area contributed by atoms with Crippen molar-refractivity contribution in [3.05, 3.63) is 88.8 Å². The van der Waals surface area contributed by atoms with E-state index in [2.05, 4.69) is 15.3 Å². The van der Waals surface area contributed by atoms with Gasteiger partial charge >= 0.3 is 6.18 Å². The summed E-state index contributed by atoms with van der Waals surface area (Å²) in [6, 6.07) is 11.4. The fraction of sp³-hybridized carbons (Fsp3) is 0.0909. The lowest BCUT2D eigenvalue weighted by Crippen LogP contribution is -2.23. The van der Waals surface area contributed by atoms with E-state index in [1.807, 2.05) is 0 Å². The summed E-state index contributed by atoms with van der Waals surface area (Å²) in [6.45, 7) is 0.138. The van der Waals surface area contributed by atoms with Crippen molar-refractivity contribution in [3.8, 4) is 0 Å². The number of carbonyl (C=O) groups is 1. The first-order valence-electron chi connectivity index (χ1n) is 9.47. The highest BCUT2D eigenvalue weighted by atomic mass is 35.5. The fourth-order valence-corrected chi connectivity index (χ4v) is 4.83. The van der Waals surface area contributed by atoms with Gasteiger partial charge in [0.15, 0.2) is 0 Å². The number of hydrogen-bond donors (Lipinski definition) is 2. The van der Waals surface area contributed by atoms with E-state index in [0.717, 1.165) is 23.0 Å². The highest BCUT2D eigenvalue weighted by molar-refractivity contribution is 7.91. The number of halogens is 4. The summed E-state index contributed by atoms with van der Waals surface area (Å²) < 4.78 is 64.2. The third-order valence-electron chi connectivity index (χ3n) is 4.91. The second-order valence-electron chi connectivity index (χ2n) is 7.12. The van der Waals surface area contributed by atoms with Crippen LogP contribution in [-0.2, 0) is 22.6 Å². The number of H-pyrrole nitrogens is 1. The zero-order chi connectivity index (χ0) is 23.8. The Bertz CT molecular complexity index is 1420. The molecule has 2 aromatic carbocycles. The molecule has 6 nitrogen and oxygen atoms in total. The molecular formula is C22H15ClF3N3O3S. The molecule has 0 aliphatic carbocycles. The summed E-state index contributed by atoms with van der Waals surface area (Å²) in [7, 11) is -4.08. The first-order valence-corrected chi connectivity index (χ1v) is 11.3. The molecule has 0 radical (unpaired) electrons. The Morgan fingerprint density at radius 1 is 1.03 bits per heavy atom. The molecule has 1 amide bonds. The van der Waals surface area contributed by atoms with E-state index >= 15 is 0 Å². The predicted octanol–water partition coefficient (Wildman–Crippen LogP) is 5.00. The number of aromatic amines is 1. The van der Waals surface area contributed by atoms with Crippen molar-refractivity contribution in [2.45, 2.75) is 22.5 Å². The molecule has 2 aromatic heterocycles. The monoisotopic (exact) mass is 493 g/mol. The number of hydrogen-bond acceptors (Lipinski definition) is 4. The lowest BCUT2D eigenvalue weighted by molar-refractivity contribution is -0.137. The Morgan fingerprint density at radius 2 is 1.73 bits per heavy atom. The van der Waals surface area contributed by atoms with Gasteiger partial charge in [0.25, 0.3) is 5.91 Å². The number of sulfone groups is 1. The van der Waals surface area contributed by atoms with Crippen LogP contribution in [0.3, 0.4) is 0 Å². The molecular weight excluding hydrogens is 479 g/mol. The van der Waals surface area contributed by atoms with Crippen LogP contribution >= 0.6 is 11.6 Å². The van der Waals surface area contributed by atoms with Gasteiger partial charge in [-0.2, -0.15) is 13.2 Å². The van der Waals surface area contributed by atoms with E-state index in [4.69, 9.17) is 11.6 Å². The standard InChI is InChI=1S/C22H15ClF3N3O3S/c23-18-10-16(5-6-17(18)22(24,25)26)33(31,32)15-3-1-13(2-4-15)11-28-21(30)20-9-14-12-27-8-7-19(14)29-20/h1-10,12,29H,11H2,(H,28,30). The van der Waals surface area contributed by atoms with Crippen LogP contribution in [0.25, 0.3) is 10.9 Å². The minimum Gasteiger partial charge on any atom is -0.350 e. The van der Waals surface area contributed by atoms with Gasteiger partial charge in [0.2, 0.25) is 9.84 Å². The number of aromatic nitrogens is 2. The number of pyridine rings is 1. The van der Waals surface area contributed by atoms with Crippen molar-refractivity contribution in [1.29, 1.82) is 0 Å². The minimum atomic E-state index is -4.69. The average Bonchev–Trinajstić information content (AvgIpc) is 3.21. The molecule has 0 fully saturated rings. The van der Waals surface area contributed by atoms with E-state index < -0.39 is 26.6 Å². The summed E-state index contributed by atoms with van der Waals surface area (Å²) >= 11 is 5.65. The summed E-state index contributed by atoms with van der Waals surface area (Å²) in [4.78, 5) is 18.9. The van der Waals surface area contributed by atoms with Crippen molar-refractivity contribution in [2.75, 3.05) is 0 Å². The Hall–Kier alpha value is -3.37. The molecule has 4 aromatic rings. The van der Waals surface area contributed by atoms with Crippen molar-refractivity contribution in [1.82, 2.24) is 15.3 Å². The van der Waals surface area contributed by atoms with Crippen molar-refractivity contribution >= 4 is 38.2 Å². The van der Waals surface area contributed by atoms with Crippen LogP contribution in [0.5, 0.6) is 0 Å². The maximum absolute atomic E-state index is 12.9. The van der Waals surface area contributed by atoms with Gasteiger partial charge in [0.1, 0.15) is 5.69 Å². The molecule has 0 saturated heterocycles. The van der Waals surface area contributed by atoms with Gasteiger partial charge in [-0.25, -0.2) is 8.42 Å². The molecule has 0 unspecified atom stereocenters.